The van der Waals surface area contributed by atoms with Crippen molar-refractivity contribution in [2.24, 2.45) is 5.92 Å². The number of hydrogen-bond acceptors (Lipinski definition) is 4. The number of anilines is 1. The van der Waals surface area contributed by atoms with Crippen LogP contribution in [0.25, 0.3) is 0 Å². The predicted molar refractivity (Wildman–Crippen MR) is 117 cm³/mol. The van der Waals surface area contributed by atoms with Gasteiger partial charge in [-0.1, -0.05) is 12.1 Å². The van der Waals surface area contributed by atoms with E-state index in [1.807, 2.05) is 4.90 Å². The number of rotatable bonds is 5. The molecule has 0 N–H and O–H groups in total. The summed E-state index contributed by atoms with van der Waals surface area (Å²) in [6.45, 7) is 9.86. The van der Waals surface area contributed by atoms with Crippen molar-refractivity contribution < 1.29 is 9.53 Å². The molecule has 160 valence electrons. The Morgan fingerprint density at radius 3 is 2.62 bits per heavy atom. The average molecular weight is 400 g/mol. The lowest BCUT2D eigenvalue weighted by molar-refractivity contribution is -0.135. The molecule has 0 aromatic heterocycles. The van der Waals surface area contributed by atoms with Crippen molar-refractivity contribution in [1.29, 1.82) is 0 Å². The minimum atomic E-state index is 0.330. The Balaban J connectivity index is 1.22. The Morgan fingerprint density at radius 2 is 1.86 bits per heavy atom. The molecule has 3 fully saturated rings. The highest BCUT2D eigenvalue weighted by Gasteiger charge is 2.29. The molecule has 0 bridgehead atoms. The normalized spacial score (nSPS) is 24.7. The number of ether oxygens (including phenoxy) is 1. The van der Waals surface area contributed by atoms with E-state index in [-0.39, 0.29) is 0 Å². The van der Waals surface area contributed by atoms with Crippen molar-refractivity contribution in [3.05, 3.63) is 29.8 Å². The van der Waals surface area contributed by atoms with Gasteiger partial charge in [0.2, 0.25) is 5.91 Å². The highest BCUT2D eigenvalue weighted by molar-refractivity contribution is 5.76. The fourth-order valence-electron chi connectivity index (χ4n) is 5.28. The number of piperidine rings is 2. The second-order valence-corrected chi connectivity index (χ2v) is 9.09. The van der Waals surface area contributed by atoms with Gasteiger partial charge in [-0.05, 0) is 69.2 Å². The average Bonchev–Trinajstić information content (AvgIpc) is 2.78. The number of aryl methyl sites for hydroxylation is 1. The number of morpholine rings is 1. The van der Waals surface area contributed by atoms with E-state index >= 15 is 0 Å². The summed E-state index contributed by atoms with van der Waals surface area (Å²) in [7, 11) is 0. The third kappa shape index (κ3) is 5.52. The van der Waals surface area contributed by atoms with Crippen LogP contribution < -0.4 is 4.90 Å². The van der Waals surface area contributed by atoms with Gasteiger partial charge >= 0.3 is 0 Å². The lowest BCUT2D eigenvalue weighted by Gasteiger charge is -2.43. The van der Waals surface area contributed by atoms with E-state index in [2.05, 4.69) is 41.0 Å². The summed E-state index contributed by atoms with van der Waals surface area (Å²) in [5.41, 5.74) is 2.72. The van der Waals surface area contributed by atoms with Crippen molar-refractivity contribution in [1.82, 2.24) is 9.80 Å². The highest BCUT2D eigenvalue weighted by Crippen LogP contribution is 2.28. The molecule has 0 unspecified atom stereocenters. The molecular weight excluding hydrogens is 362 g/mol. The third-order valence-electron chi connectivity index (χ3n) is 7.03. The van der Waals surface area contributed by atoms with Gasteiger partial charge in [0.25, 0.3) is 0 Å². The maximum absolute atomic E-state index is 12.5. The Labute approximate surface area is 176 Å². The molecule has 29 heavy (non-hydrogen) atoms. The summed E-state index contributed by atoms with van der Waals surface area (Å²) in [6.07, 6.45) is 6.85. The lowest BCUT2D eigenvalue weighted by Crippen LogP contribution is -2.48. The zero-order chi connectivity index (χ0) is 20.1. The summed E-state index contributed by atoms with van der Waals surface area (Å²) < 4.78 is 5.36. The maximum atomic E-state index is 12.5. The minimum absolute atomic E-state index is 0.330. The number of benzene rings is 1. The number of nitrogens with zero attached hydrogens (tertiary/aromatic N) is 3. The topological polar surface area (TPSA) is 36.0 Å². The van der Waals surface area contributed by atoms with Crippen LogP contribution in [0.3, 0.4) is 0 Å². The molecule has 0 radical (unpaired) electrons. The van der Waals surface area contributed by atoms with Crippen LogP contribution in [0.4, 0.5) is 5.69 Å². The highest BCUT2D eigenvalue weighted by atomic mass is 16.5. The molecule has 3 aliphatic rings. The van der Waals surface area contributed by atoms with E-state index < -0.39 is 0 Å². The van der Waals surface area contributed by atoms with Gasteiger partial charge < -0.3 is 14.5 Å². The van der Waals surface area contributed by atoms with Crippen LogP contribution in [0.15, 0.2) is 24.3 Å². The lowest BCUT2D eigenvalue weighted by atomic mass is 9.90. The summed E-state index contributed by atoms with van der Waals surface area (Å²) in [5.74, 6) is 1.01. The molecule has 4 rings (SSSR count). The molecule has 3 saturated heterocycles. The fraction of sp³-hybridized carbons (Fsp3) is 0.708. The van der Waals surface area contributed by atoms with E-state index in [1.165, 1.54) is 50.0 Å². The van der Waals surface area contributed by atoms with Crippen LogP contribution in [-0.2, 0) is 9.53 Å². The number of carbonyl (C=O) groups is 1. The van der Waals surface area contributed by atoms with E-state index in [4.69, 9.17) is 4.74 Å². The Morgan fingerprint density at radius 1 is 1.07 bits per heavy atom. The van der Waals surface area contributed by atoms with Crippen molar-refractivity contribution in [3.63, 3.8) is 0 Å². The van der Waals surface area contributed by atoms with Crippen LogP contribution >= 0.6 is 0 Å². The molecule has 0 aliphatic carbocycles. The van der Waals surface area contributed by atoms with Crippen LogP contribution in [-0.4, -0.2) is 74.2 Å². The third-order valence-corrected chi connectivity index (χ3v) is 7.03. The molecule has 1 aromatic carbocycles. The first-order valence-corrected chi connectivity index (χ1v) is 11.6. The molecule has 5 heteroatoms. The van der Waals surface area contributed by atoms with Gasteiger partial charge in [-0.25, -0.2) is 0 Å². The second kappa shape index (κ2) is 9.94. The number of hydrogen-bond donors (Lipinski definition) is 0. The molecule has 5 nitrogen and oxygen atoms in total. The second-order valence-electron chi connectivity index (χ2n) is 9.09. The number of amides is 1. The smallest absolute Gasteiger partial charge is 0.222 e. The Hall–Kier alpha value is -1.59. The van der Waals surface area contributed by atoms with Crippen LogP contribution in [0.1, 0.15) is 44.1 Å². The van der Waals surface area contributed by atoms with Crippen molar-refractivity contribution >= 4 is 11.6 Å². The molecule has 1 amide bonds. The predicted octanol–water partition coefficient (Wildman–Crippen LogP) is 3.31. The van der Waals surface area contributed by atoms with E-state index in [0.717, 1.165) is 32.6 Å². The van der Waals surface area contributed by atoms with E-state index in [1.54, 1.807) is 0 Å². The van der Waals surface area contributed by atoms with Crippen molar-refractivity contribution in [3.8, 4) is 0 Å². The Kier molecular flexibility index (Phi) is 7.09. The van der Waals surface area contributed by atoms with Crippen molar-refractivity contribution in [2.75, 3.05) is 57.4 Å². The summed E-state index contributed by atoms with van der Waals surface area (Å²) >= 11 is 0. The Bertz CT molecular complexity index is 666. The molecule has 3 heterocycles. The quantitative estimate of drug-likeness (QED) is 0.761. The van der Waals surface area contributed by atoms with Gasteiger partial charge in [0.1, 0.15) is 0 Å². The monoisotopic (exact) mass is 399 g/mol. The first-order valence-electron chi connectivity index (χ1n) is 11.6. The maximum Gasteiger partial charge on any atom is 0.222 e. The molecule has 0 saturated carbocycles. The summed E-state index contributed by atoms with van der Waals surface area (Å²) in [4.78, 5) is 19.7. The zero-order valence-corrected chi connectivity index (χ0v) is 18.0. The largest absolute Gasteiger partial charge is 0.378 e. The first kappa shape index (κ1) is 20.7. The van der Waals surface area contributed by atoms with Crippen molar-refractivity contribution in [2.45, 2.75) is 51.5 Å². The van der Waals surface area contributed by atoms with E-state index in [0.29, 0.717) is 37.5 Å². The molecule has 3 aliphatic heterocycles. The van der Waals surface area contributed by atoms with E-state index in [9.17, 15) is 4.79 Å². The number of carbonyl (C=O) groups excluding carboxylic acids is 1. The standard InChI is InChI=1S/C24H37N3O2/c1-20-4-2-6-23(18-20)25-12-9-22(10-13-25)27-11-3-5-21(19-27)7-8-24(28)26-14-16-29-17-15-26/h2,4,6,18,21-22H,3,5,7-17,19H2,1H3/t21-/m1/s1. The van der Waals surface area contributed by atoms with Crippen LogP contribution in [0.5, 0.6) is 0 Å². The summed E-state index contributed by atoms with van der Waals surface area (Å²) in [6, 6.07) is 9.62. The zero-order valence-electron chi connectivity index (χ0n) is 18.0. The first-order chi connectivity index (χ1) is 14.2. The van der Waals surface area contributed by atoms with Gasteiger partial charge in [-0.2, -0.15) is 0 Å². The molecule has 1 aromatic rings. The SMILES string of the molecule is Cc1cccc(N2CCC(N3CCC[C@H](CCC(=O)N4CCOCC4)C3)CC2)c1. The molecular formula is C24H37N3O2. The van der Waals surface area contributed by atoms with Gasteiger partial charge in [0, 0.05) is 50.9 Å². The van der Waals surface area contributed by atoms with Crippen LogP contribution in [0.2, 0.25) is 0 Å². The molecule has 0 spiro atoms. The van der Waals surface area contributed by atoms with Gasteiger partial charge in [-0.3, -0.25) is 9.69 Å². The molecule has 1 atom stereocenters. The minimum Gasteiger partial charge on any atom is -0.378 e. The van der Waals surface area contributed by atoms with Gasteiger partial charge in [0.05, 0.1) is 13.2 Å². The van der Waals surface area contributed by atoms with Gasteiger partial charge in [-0.15, -0.1) is 0 Å². The van der Waals surface area contributed by atoms with Gasteiger partial charge in [0.15, 0.2) is 0 Å². The number of likely N-dealkylation sites (tertiary alicyclic amines) is 1. The summed E-state index contributed by atoms with van der Waals surface area (Å²) in [5, 5.41) is 0. The van der Waals surface area contributed by atoms with Crippen LogP contribution in [0, 0.1) is 12.8 Å². The fourth-order valence-corrected chi connectivity index (χ4v) is 5.28.